The van der Waals surface area contributed by atoms with Crippen molar-refractivity contribution in [3.05, 3.63) is 52.4 Å². The van der Waals surface area contributed by atoms with Crippen molar-refractivity contribution in [3.8, 4) is 5.75 Å². The van der Waals surface area contributed by atoms with E-state index < -0.39 is 15.9 Å². The second kappa shape index (κ2) is 12.3. The van der Waals surface area contributed by atoms with E-state index in [2.05, 4.69) is 14.7 Å². The summed E-state index contributed by atoms with van der Waals surface area (Å²) in [5, 5.41) is 0.578. The van der Waals surface area contributed by atoms with Gasteiger partial charge in [-0.15, -0.1) is 0 Å². The number of hydrogen-bond donors (Lipinski definition) is 1. The predicted molar refractivity (Wildman–Crippen MR) is 146 cm³/mol. The number of hydrogen-bond acceptors (Lipinski definition) is 6. The van der Waals surface area contributed by atoms with E-state index >= 15 is 0 Å². The third kappa shape index (κ3) is 7.23. The average Bonchev–Trinajstić information content (AvgIpc) is 3.18. The molecule has 0 saturated heterocycles. The number of unbranched alkanes of at least 4 members (excludes halogenated alkanes) is 2. The summed E-state index contributed by atoms with van der Waals surface area (Å²) in [5.74, 6) is 1.23. The number of halogens is 1. The van der Waals surface area contributed by atoms with Crippen molar-refractivity contribution >= 4 is 38.7 Å². The molecule has 3 aromatic rings. The first-order valence-electron chi connectivity index (χ1n) is 13.1. The molecule has 0 radical (unpaired) electrons. The van der Waals surface area contributed by atoms with E-state index in [-0.39, 0.29) is 11.4 Å². The van der Waals surface area contributed by atoms with E-state index in [1.807, 2.05) is 36.6 Å². The molecular formula is C27H35ClN4O4S. The number of rotatable bonds is 11. The molecule has 8 nitrogen and oxygen atoms in total. The van der Waals surface area contributed by atoms with Gasteiger partial charge in [0.15, 0.2) is 5.65 Å². The average molecular weight is 547 g/mol. The summed E-state index contributed by atoms with van der Waals surface area (Å²) in [7, 11) is -3.72. The van der Waals surface area contributed by atoms with Crippen molar-refractivity contribution in [2.75, 3.05) is 12.4 Å². The molecule has 1 saturated carbocycles. The second-order valence-corrected chi connectivity index (χ2v) is 12.1. The van der Waals surface area contributed by atoms with Crippen LogP contribution >= 0.6 is 11.6 Å². The molecule has 0 atom stereocenters. The molecule has 4 rings (SSSR count). The fourth-order valence-corrected chi connectivity index (χ4v) is 6.01. The highest BCUT2D eigenvalue weighted by Gasteiger charge is 2.19. The summed E-state index contributed by atoms with van der Waals surface area (Å²) in [6, 6.07) is 8.86. The van der Waals surface area contributed by atoms with Crippen molar-refractivity contribution in [1.29, 1.82) is 0 Å². The Morgan fingerprint density at radius 1 is 1.14 bits per heavy atom. The third-order valence-electron chi connectivity index (χ3n) is 6.84. The summed E-state index contributed by atoms with van der Waals surface area (Å²) < 4.78 is 34.5. The minimum atomic E-state index is -3.72. The maximum atomic E-state index is 12.7. The number of imidazole rings is 1. The van der Waals surface area contributed by atoms with E-state index in [4.69, 9.17) is 16.3 Å². The van der Waals surface area contributed by atoms with E-state index in [0.29, 0.717) is 47.5 Å². The predicted octanol–water partition coefficient (Wildman–Crippen LogP) is 5.65. The Kier molecular flexibility index (Phi) is 9.08. The van der Waals surface area contributed by atoms with Crippen LogP contribution in [0.5, 0.6) is 5.75 Å². The number of ether oxygens (including phenoxy) is 1. The monoisotopic (exact) mass is 546 g/mol. The van der Waals surface area contributed by atoms with E-state index in [1.165, 1.54) is 38.2 Å². The highest BCUT2D eigenvalue weighted by atomic mass is 35.5. The lowest BCUT2D eigenvalue weighted by Crippen LogP contribution is -2.33. The number of carbonyl (C=O) groups excluding carboxylic acids is 1. The number of nitrogens with zero attached hydrogens (tertiary/aromatic N) is 3. The summed E-state index contributed by atoms with van der Waals surface area (Å²) >= 11 is 6.61. The SMILES string of the molecule is CCCCCS(=O)(=O)NC(=O)c1ccc2nc(C)n(Cc3ccc(OCC4CCCCC4)cc3Cl)c2n1. The van der Waals surface area contributed by atoms with Gasteiger partial charge in [-0.3, -0.25) is 4.79 Å². The minimum absolute atomic E-state index is 0.0188. The molecule has 0 unspecified atom stereocenters. The maximum Gasteiger partial charge on any atom is 0.283 e. The number of aryl methyl sites for hydroxylation is 1. The van der Waals surface area contributed by atoms with Gasteiger partial charge in [0.2, 0.25) is 10.0 Å². The third-order valence-corrected chi connectivity index (χ3v) is 8.52. The van der Waals surface area contributed by atoms with Gasteiger partial charge >= 0.3 is 0 Å². The molecule has 1 fully saturated rings. The Hall–Kier alpha value is -2.65. The number of nitrogens with one attached hydrogen (secondary N) is 1. The molecule has 1 aromatic carbocycles. The summed E-state index contributed by atoms with van der Waals surface area (Å²) in [6.07, 6.45) is 8.49. The Morgan fingerprint density at radius 3 is 2.65 bits per heavy atom. The van der Waals surface area contributed by atoms with Crippen LogP contribution in [0.15, 0.2) is 30.3 Å². The number of amides is 1. The van der Waals surface area contributed by atoms with E-state index in [0.717, 1.165) is 24.2 Å². The zero-order valence-corrected chi connectivity index (χ0v) is 23.1. The van der Waals surface area contributed by atoms with Crippen LogP contribution in [0.4, 0.5) is 0 Å². The highest BCUT2D eigenvalue weighted by Crippen LogP contribution is 2.28. The Labute approximate surface area is 223 Å². The Morgan fingerprint density at radius 2 is 1.92 bits per heavy atom. The molecule has 37 heavy (non-hydrogen) atoms. The van der Waals surface area contributed by atoms with Gasteiger partial charge in [0.05, 0.1) is 18.9 Å². The summed E-state index contributed by atoms with van der Waals surface area (Å²) in [4.78, 5) is 21.7. The van der Waals surface area contributed by atoms with Crippen LogP contribution in [0.3, 0.4) is 0 Å². The van der Waals surface area contributed by atoms with E-state index in [1.54, 1.807) is 6.07 Å². The molecule has 1 N–H and O–H groups in total. The lowest BCUT2D eigenvalue weighted by atomic mass is 9.90. The van der Waals surface area contributed by atoms with E-state index in [9.17, 15) is 13.2 Å². The Bertz CT molecular complexity index is 1350. The molecule has 10 heteroatoms. The molecule has 2 aromatic heterocycles. The van der Waals surface area contributed by atoms with Gasteiger partial charge in [0.1, 0.15) is 22.8 Å². The van der Waals surface area contributed by atoms with Crippen LogP contribution in [0.2, 0.25) is 5.02 Å². The van der Waals surface area contributed by atoms with Gasteiger partial charge in [0.25, 0.3) is 5.91 Å². The topological polar surface area (TPSA) is 103 Å². The molecule has 200 valence electrons. The van der Waals surface area contributed by atoms with Gasteiger partial charge in [-0.1, -0.05) is 56.7 Å². The van der Waals surface area contributed by atoms with Crippen molar-refractivity contribution in [2.45, 2.75) is 71.8 Å². The highest BCUT2D eigenvalue weighted by molar-refractivity contribution is 7.90. The summed E-state index contributed by atoms with van der Waals surface area (Å²) in [5.41, 5.74) is 1.99. The maximum absolute atomic E-state index is 12.7. The molecule has 1 aliphatic rings. The number of carbonyl (C=O) groups is 1. The van der Waals surface area contributed by atoms with Gasteiger partial charge in [-0.2, -0.15) is 0 Å². The quantitative estimate of drug-likeness (QED) is 0.312. The van der Waals surface area contributed by atoms with Gasteiger partial charge in [0, 0.05) is 5.02 Å². The zero-order chi connectivity index (χ0) is 26.4. The van der Waals surface area contributed by atoms with Crippen molar-refractivity contribution in [3.63, 3.8) is 0 Å². The zero-order valence-electron chi connectivity index (χ0n) is 21.5. The van der Waals surface area contributed by atoms with Crippen LogP contribution in [-0.4, -0.2) is 41.2 Å². The number of benzene rings is 1. The van der Waals surface area contributed by atoms with Crippen LogP contribution in [-0.2, 0) is 16.6 Å². The van der Waals surface area contributed by atoms with Gasteiger partial charge in [-0.05, 0) is 61.9 Å². The first-order chi connectivity index (χ1) is 17.8. The van der Waals surface area contributed by atoms with Crippen molar-refractivity contribution in [2.24, 2.45) is 5.92 Å². The minimum Gasteiger partial charge on any atom is -0.493 e. The number of sulfonamides is 1. The lowest BCUT2D eigenvalue weighted by molar-refractivity contribution is 0.0977. The van der Waals surface area contributed by atoms with Crippen LogP contribution in [0, 0.1) is 12.8 Å². The lowest BCUT2D eigenvalue weighted by Gasteiger charge is -2.21. The first kappa shape index (κ1) is 27.4. The molecule has 0 aliphatic heterocycles. The van der Waals surface area contributed by atoms with Gasteiger partial charge < -0.3 is 9.30 Å². The molecule has 0 spiro atoms. The van der Waals surface area contributed by atoms with Crippen molar-refractivity contribution in [1.82, 2.24) is 19.3 Å². The van der Waals surface area contributed by atoms with Gasteiger partial charge in [-0.25, -0.2) is 23.1 Å². The normalized spacial score (nSPS) is 14.7. The van der Waals surface area contributed by atoms with Crippen LogP contribution < -0.4 is 9.46 Å². The molecule has 1 aliphatic carbocycles. The molecule has 2 heterocycles. The largest absolute Gasteiger partial charge is 0.493 e. The van der Waals surface area contributed by atoms with Crippen LogP contribution in [0.25, 0.3) is 11.2 Å². The first-order valence-corrected chi connectivity index (χ1v) is 15.1. The molecular weight excluding hydrogens is 512 g/mol. The van der Waals surface area contributed by atoms with Crippen molar-refractivity contribution < 1.29 is 17.9 Å². The fourth-order valence-electron chi connectivity index (χ4n) is 4.70. The number of pyridine rings is 1. The Balaban J connectivity index is 1.48. The second-order valence-electron chi connectivity index (χ2n) is 9.81. The summed E-state index contributed by atoms with van der Waals surface area (Å²) in [6.45, 7) is 4.96. The smallest absolute Gasteiger partial charge is 0.283 e. The number of fused-ring (bicyclic) bond motifs is 1. The standard InChI is InChI=1S/C27H35ClN4O4S/c1-3-4-8-15-37(34,35)31-27(33)25-14-13-24-26(30-25)32(19(2)29-24)17-21-11-12-22(16-23(21)28)36-18-20-9-6-5-7-10-20/h11-14,16,20H,3-10,15,17-18H2,1-2H3,(H,31,33). The molecule has 0 bridgehead atoms. The van der Waals surface area contributed by atoms with Crippen LogP contribution in [0.1, 0.15) is 80.2 Å². The fraction of sp³-hybridized carbons (Fsp3) is 0.519. The molecule has 1 amide bonds. The number of aromatic nitrogens is 3.